The van der Waals surface area contributed by atoms with Gasteiger partial charge in [-0.1, -0.05) is 40.8 Å². The van der Waals surface area contributed by atoms with Gasteiger partial charge in [-0.25, -0.2) is 10.5 Å². The highest BCUT2D eigenvalue weighted by Crippen LogP contribution is 2.35. The first-order valence-electron chi connectivity index (χ1n) is 8.84. The number of carbonyl (C=O) groups is 1. The molecule has 1 saturated heterocycles. The Labute approximate surface area is 191 Å². The summed E-state index contributed by atoms with van der Waals surface area (Å²) in [5.41, 5.74) is 3.43. The van der Waals surface area contributed by atoms with Crippen LogP contribution in [0.1, 0.15) is 30.6 Å². The highest BCUT2D eigenvalue weighted by molar-refractivity contribution is 14.1. The number of nitrogens with zero attached hydrogens (tertiary/aromatic N) is 3. The number of hydroxylamine groups is 1. The molecule has 148 valence electrons. The summed E-state index contributed by atoms with van der Waals surface area (Å²) in [6, 6.07) is 9.14. The van der Waals surface area contributed by atoms with Crippen LogP contribution in [0.15, 0.2) is 42.7 Å². The minimum absolute atomic E-state index is 0.278. The number of hydrogen-bond acceptors (Lipinski definition) is 6. The standard InChI is InChI=1S/C19H21I2N5O2/c1-12(14-4-2-3-5-15(14)20)26-9-8-16(19(26)21)24-17-11-22-13(10-23-17)6-7-18(27)25-28/h2-7,10-12,16,19,28H,8-9H2,1H3,(H,23,24)(H,25,27)/t12?,16-,19?/m1/s1. The molecule has 1 aromatic carbocycles. The van der Waals surface area contributed by atoms with Crippen LogP contribution in [0.5, 0.6) is 0 Å². The van der Waals surface area contributed by atoms with Crippen LogP contribution in [0.4, 0.5) is 5.82 Å². The van der Waals surface area contributed by atoms with E-state index in [4.69, 9.17) is 5.21 Å². The van der Waals surface area contributed by atoms with Crippen LogP contribution in [0.3, 0.4) is 0 Å². The summed E-state index contributed by atoms with van der Waals surface area (Å²) in [6.07, 6.45) is 6.96. The number of aromatic nitrogens is 2. The third-order valence-electron chi connectivity index (χ3n) is 4.72. The number of likely N-dealkylation sites (tertiary alicyclic amines) is 1. The van der Waals surface area contributed by atoms with Gasteiger partial charge in [0.15, 0.2) is 0 Å². The molecular weight excluding hydrogens is 584 g/mol. The molecule has 7 nitrogen and oxygen atoms in total. The van der Waals surface area contributed by atoms with Crippen LogP contribution in [-0.2, 0) is 4.79 Å². The van der Waals surface area contributed by atoms with Gasteiger partial charge < -0.3 is 5.32 Å². The highest BCUT2D eigenvalue weighted by atomic mass is 127. The third-order valence-corrected chi connectivity index (χ3v) is 7.29. The van der Waals surface area contributed by atoms with Crippen molar-refractivity contribution >= 4 is 63.0 Å². The van der Waals surface area contributed by atoms with E-state index in [2.05, 4.69) is 96.6 Å². The number of anilines is 1. The van der Waals surface area contributed by atoms with Gasteiger partial charge in [0, 0.05) is 22.2 Å². The monoisotopic (exact) mass is 605 g/mol. The number of amides is 1. The summed E-state index contributed by atoms with van der Waals surface area (Å²) in [5, 5.41) is 12.0. The number of carbonyl (C=O) groups excluding carboxylic acids is 1. The van der Waals surface area contributed by atoms with E-state index in [-0.39, 0.29) is 6.04 Å². The Balaban J connectivity index is 1.62. The molecule has 2 unspecified atom stereocenters. The molecule has 1 aromatic heterocycles. The first-order valence-corrected chi connectivity index (χ1v) is 11.2. The number of rotatable bonds is 6. The predicted octanol–water partition coefficient (Wildman–Crippen LogP) is 3.61. The van der Waals surface area contributed by atoms with Crippen molar-refractivity contribution in [2.45, 2.75) is 29.5 Å². The van der Waals surface area contributed by atoms with Gasteiger partial charge in [-0.2, -0.15) is 0 Å². The first-order chi connectivity index (χ1) is 13.5. The van der Waals surface area contributed by atoms with Crippen LogP contribution in [0, 0.1) is 3.57 Å². The summed E-state index contributed by atoms with van der Waals surface area (Å²) >= 11 is 4.90. The molecule has 1 aliphatic heterocycles. The molecule has 3 N–H and O–H groups in total. The Morgan fingerprint density at radius 3 is 2.82 bits per heavy atom. The molecule has 0 bridgehead atoms. The number of benzene rings is 1. The van der Waals surface area contributed by atoms with Crippen molar-refractivity contribution in [3.8, 4) is 0 Å². The van der Waals surface area contributed by atoms with Crippen molar-refractivity contribution in [2.75, 3.05) is 11.9 Å². The van der Waals surface area contributed by atoms with Gasteiger partial charge >= 0.3 is 0 Å². The van der Waals surface area contributed by atoms with E-state index >= 15 is 0 Å². The van der Waals surface area contributed by atoms with Crippen molar-refractivity contribution in [3.63, 3.8) is 0 Å². The lowest BCUT2D eigenvalue weighted by molar-refractivity contribution is -0.124. The number of nitrogens with one attached hydrogen (secondary N) is 2. The van der Waals surface area contributed by atoms with Crippen molar-refractivity contribution in [3.05, 3.63) is 57.6 Å². The maximum absolute atomic E-state index is 11.0. The number of alkyl halides is 1. The smallest absolute Gasteiger partial charge is 0.267 e. The third kappa shape index (κ3) is 5.19. The van der Waals surface area contributed by atoms with Crippen LogP contribution < -0.4 is 10.8 Å². The molecular formula is C19H21I2N5O2. The molecule has 0 aliphatic carbocycles. The Kier molecular flexibility index (Phi) is 7.60. The predicted molar refractivity (Wildman–Crippen MR) is 125 cm³/mol. The Hall–Kier alpha value is -1.31. The van der Waals surface area contributed by atoms with Gasteiger partial charge in [0.25, 0.3) is 5.91 Å². The van der Waals surface area contributed by atoms with Gasteiger partial charge in [0.05, 0.1) is 28.2 Å². The second-order valence-electron chi connectivity index (χ2n) is 6.48. The minimum atomic E-state index is -0.606. The molecule has 3 atom stereocenters. The number of halogens is 2. The lowest BCUT2D eigenvalue weighted by atomic mass is 10.1. The molecule has 0 radical (unpaired) electrons. The quantitative estimate of drug-likeness (QED) is 0.117. The Bertz CT molecular complexity index is 846. The van der Waals surface area contributed by atoms with E-state index in [0.29, 0.717) is 21.6 Å². The lowest BCUT2D eigenvalue weighted by Gasteiger charge is -2.30. The Morgan fingerprint density at radius 2 is 2.14 bits per heavy atom. The average molecular weight is 605 g/mol. The van der Waals surface area contributed by atoms with E-state index < -0.39 is 5.91 Å². The molecule has 2 heterocycles. The largest absolute Gasteiger partial charge is 0.364 e. The van der Waals surface area contributed by atoms with Crippen molar-refractivity contribution in [2.24, 2.45) is 0 Å². The van der Waals surface area contributed by atoms with Gasteiger partial charge in [0.1, 0.15) is 5.82 Å². The maximum Gasteiger partial charge on any atom is 0.267 e. The molecule has 2 aromatic rings. The zero-order valence-electron chi connectivity index (χ0n) is 15.2. The lowest BCUT2D eigenvalue weighted by Crippen LogP contribution is -2.35. The van der Waals surface area contributed by atoms with Crippen molar-refractivity contribution < 1.29 is 10.0 Å². The molecule has 1 amide bonds. The van der Waals surface area contributed by atoms with Crippen LogP contribution in [-0.4, -0.2) is 42.6 Å². The maximum atomic E-state index is 11.0. The van der Waals surface area contributed by atoms with Crippen molar-refractivity contribution in [1.29, 1.82) is 0 Å². The van der Waals surface area contributed by atoms with Crippen molar-refractivity contribution in [1.82, 2.24) is 20.3 Å². The summed E-state index contributed by atoms with van der Waals surface area (Å²) in [7, 11) is 0. The van der Waals surface area contributed by atoms with Gasteiger partial charge in [-0.05, 0) is 53.6 Å². The fourth-order valence-electron chi connectivity index (χ4n) is 3.21. The van der Waals surface area contributed by atoms with E-state index in [1.54, 1.807) is 12.4 Å². The van der Waals surface area contributed by atoms with E-state index in [1.807, 2.05) is 0 Å². The molecule has 9 heteroatoms. The summed E-state index contributed by atoms with van der Waals surface area (Å²) in [6.45, 7) is 3.27. The minimum Gasteiger partial charge on any atom is -0.364 e. The summed E-state index contributed by atoms with van der Waals surface area (Å²) in [5.74, 6) is 0.101. The van der Waals surface area contributed by atoms with E-state index in [9.17, 15) is 4.79 Å². The fourth-order valence-corrected chi connectivity index (χ4v) is 5.35. The fraction of sp³-hybridized carbons (Fsp3) is 0.316. The van der Waals surface area contributed by atoms with Gasteiger partial charge in [-0.3, -0.25) is 19.9 Å². The zero-order valence-corrected chi connectivity index (χ0v) is 19.5. The zero-order chi connectivity index (χ0) is 20.1. The molecule has 28 heavy (non-hydrogen) atoms. The van der Waals surface area contributed by atoms with Crippen LogP contribution >= 0.6 is 45.2 Å². The van der Waals surface area contributed by atoms with E-state index in [1.165, 1.54) is 26.8 Å². The highest BCUT2D eigenvalue weighted by Gasteiger charge is 2.35. The second-order valence-corrected chi connectivity index (χ2v) is 8.92. The molecule has 1 fully saturated rings. The first kappa shape index (κ1) is 21.4. The second kappa shape index (κ2) is 9.94. The SMILES string of the molecule is CC(c1ccccc1I)N1CC[C@@H](Nc2cnc(C=CC(=O)NO)cn2)C1I. The van der Waals surface area contributed by atoms with Crippen LogP contribution in [0.2, 0.25) is 0 Å². The normalized spacial score (nSPS) is 21.0. The average Bonchev–Trinajstić information content (AvgIpc) is 3.07. The topological polar surface area (TPSA) is 90.4 Å². The molecule has 0 saturated carbocycles. The molecule has 1 aliphatic rings. The number of hydrogen-bond donors (Lipinski definition) is 3. The van der Waals surface area contributed by atoms with Gasteiger partial charge in [-0.15, -0.1) is 0 Å². The van der Waals surface area contributed by atoms with Crippen LogP contribution in [0.25, 0.3) is 6.08 Å². The Morgan fingerprint density at radius 1 is 1.36 bits per heavy atom. The molecule has 3 rings (SSSR count). The summed E-state index contributed by atoms with van der Waals surface area (Å²) < 4.78 is 1.62. The molecule has 0 spiro atoms. The van der Waals surface area contributed by atoms with Gasteiger partial charge in [0.2, 0.25) is 0 Å². The summed E-state index contributed by atoms with van der Waals surface area (Å²) in [4.78, 5) is 22.2. The van der Waals surface area contributed by atoms with E-state index in [0.717, 1.165) is 13.0 Å².